The number of benzene rings is 1. The fraction of sp³-hybridized carbons (Fsp3) is 0.273. The molecule has 104 valence electrons. The lowest BCUT2D eigenvalue weighted by molar-refractivity contribution is -0.137. The van der Waals surface area contributed by atoms with Crippen LogP contribution < -0.4 is 5.32 Å². The van der Waals surface area contributed by atoms with Crippen molar-refractivity contribution in [3.05, 3.63) is 29.1 Å². The van der Waals surface area contributed by atoms with Crippen LogP contribution in [-0.4, -0.2) is 28.1 Å². The maximum absolute atomic E-state index is 13.4. The first-order chi connectivity index (χ1) is 8.73. The second-order valence-corrected chi connectivity index (χ2v) is 3.85. The lowest BCUT2D eigenvalue weighted by atomic mass is 10.1. The van der Waals surface area contributed by atoms with E-state index >= 15 is 0 Å². The molecule has 0 heterocycles. The molecule has 1 aromatic carbocycles. The molecule has 0 aliphatic rings. The van der Waals surface area contributed by atoms with Gasteiger partial charge in [-0.25, -0.2) is 8.78 Å². The van der Waals surface area contributed by atoms with Gasteiger partial charge in [-0.3, -0.25) is 9.59 Å². The number of carbonyl (C=O) groups excluding carboxylic acids is 1. The molecule has 0 saturated carbocycles. The zero-order valence-corrected chi connectivity index (χ0v) is 9.71. The molecular formula is C11H10F3NO4. The van der Waals surface area contributed by atoms with Crippen LogP contribution in [0.15, 0.2) is 6.07 Å². The molecule has 0 fully saturated rings. The van der Waals surface area contributed by atoms with Gasteiger partial charge in [0.25, 0.3) is 5.91 Å². The lowest BCUT2D eigenvalue weighted by Crippen LogP contribution is -2.34. The molecule has 1 aromatic rings. The molecule has 1 amide bonds. The van der Waals surface area contributed by atoms with E-state index in [0.717, 1.165) is 0 Å². The van der Waals surface area contributed by atoms with Gasteiger partial charge in [0.2, 0.25) is 5.82 Å². The van der Waals surface area contributed by atoms with Gasteiger partial charge < -0.3 is 15.5 Å². The molecule has 3 N–H and O–H groups in total. The third-order valence-electron chi connectivity index (χ3n) is 2.24. The summed E-state index contributed by atoms with van der Waals surface area (Å²) < 4.78 is 39.1. The molecule has 0 aliphatic carbocycles. The molecule has 8 heteroatoms. The third-order valence-corrected chi connectivity index (χ3v) is 2.24. The fourth-order valence-electron chi connectivity index (χ4n) is 1.37. The van der Waals surface area contributed by atoms with Crippen molar-refractivity contribution in [1.82, 2.24) is 5.32 Å². The first kappa shape index (κ1) is 14.8. The molecule has 1 atom stereocenters. The quantitative estimate of drug-likeness (QED) is 0.726. The summed E-state index contributed by atoms with van der Waals surface area (Å²) in [4.78, 5) is 21.9. The Morgan fingerprint density at radius 2 is 1.89 bits per heavy atom. The smallest absolute Gasteiger partial charge is 0.305 e. The highest BCUT2D eigenvalue weighted by atomic mass is 19.2. The number of halogens is 3. The average Bonchev–Trinajstić information content (AvgIpc) is 2.29. The maximum atomic E-state index is 13.4. The van der Waals surface area contributed by atoms with Gasteiger partial charge in [-0.05, 0) is 13.0 Å². The molecule has 1 rings (SSSR count). The van der Waals surface area contributed by atoms with Gasteiger partial charge in [-0.15, -0.1) is 0 Å². The van der Waals surface area contributed by atoms with Gasteiger partial charge in [0, 0.05) is 6.04 Å². The second-order valence-electron chi connectivity index (χ2n) is 3.85. The fourth-order valence-corrected chi connectivity index (χ4v) is 1.37. The van der Waals surface area contributed by atoms with Crippen LogP contribution in [-0.2, 0) is 4.79 Å². The van der Waals surface area contributed by atoms with E-state index < -0.39 is 53.1 Å². The Balaban J connectivity index is 2.98. The highest BCUT2D eigenvalue weighted by Gasteiger charge is 2.23. The van der Waals surface area contributed by atoms with Crippen molar-refractivity contribution in [2.45, 2.75) is 19.4 Å². The standard InChI is InChI=1S/C11H10F3NO4/c1-4(2-7(16)17)15-11(19)5-3-6(12)9(14)10(18)8(5)13/h3-4,18H,2H2,1H3,(H,15,19)(H,16,17). The Bertz CT molecular complexity index is 533. The topological polar surface area (TPSA) is 86.6 Å². The number of carbonyl (C=O) groups is 2. The zero-order valence-electron chi connectivity index (χ0n) is 9.71. The number of carboxylic acid groups (broad SMARTS) is 1. The number of amides is 1. The van der Waals surface area contributed by atoms with E-state index in [-0.39, 0.29) is 6.07 Å². The maximum Gasteiger partial charge on any atom is 0.305 e. The average molecular weight is 277 g/mol. The molecule has 0 saturated heterocycles. The van der Waals surface area contributed by atoms with Crippen molar-refractivity contribution in [1.29, 1.82) is 0 Å². The van der Waals surface area contributed by atoms with Crippen LogP contribution in [0.1, 0.15) is 23.7 Å². The van der Waals surface area contributed by atoms with Gasteiger partial charge in [0.15, 0.2) is 17.4 Å². The summed E-state index contributed by atoms with van der Waals surface area (Å²) in [7, 11) is 0. The number of hydrogen-bond donors (Lipinski definition) is 3. The number of aliphatic carboxylic acids is 1. The minimum absolute atomic E-state index is 0.285. The molecule has 1 unspecified atom stereocenters. The van der Waals surface area contributed by atoms with Crippen LogP contribution in [0.25, 0.3) is 0 Å². The van der Waals surface area contributed by atoms with Crippen molar-refractivity contribution in [2.24, 2.45) is 0 Å². The van der Waals surface area contributed by atoms with Crippen LogP contribution in [0.5, 0.6) is 5.75 Å². The predicted octanol–water partition coefficient (Wildman–Crippen LogP) is 1.40. The molecule has 5 nitrogen and oxygen atoms in total. The number of aromatic hydroxyl groups is 1. The lowest BCUT2D eigenvalue weighted by Gasteiger charge is -2.12. The first-order valence-corrected chi connectivity index (χ1v) is 5.13. The van der Waals surface area contributed by atoms with E-state index in [2.05, 4.69) is 5.32 Å². The van der Waals surface area contributed by atoms with Crippen LogP contribution in [0, 0.1) is 17.5 Å². The Morgan fingerprint density at radius 3 is 2.42 bits per heavy atom. The van der Waals surface area contributed by atoms with Gasteiger partial charge >= 0.3 is 5.97 Å². The van der Waals surface area contributed by atoms with E-state index in [1.54, 1.807) is 0 Å². The summed E-state index contributed by atoms with van der Waals surface area (Å²) >= 11 is 0. The number of carboxylic acids is 1. The minimum atomic E-state index is -1.80. The van der Waals surface area contributed by atoms with E-state index in [9.17, 15) is 22.8 Å². The molecule has 0 radical (unpaired) electrons. The van der Waals surface area contributed by atoms with Crippen molar-refractivity contribution in [2.75, 3.05) is 0 Å². The number of phenolic OH excluding ortho intramolecular Hbond substituents is 1. The summed E-state index contributed by atoms with van der Waals surface area (Å²) in [5.41, 5.74) is -0.909. The van der Waals surface area contributed by atoms with E-state index in [1.807, 2.05) is 0 Å². The second kappa shape index (κ2) is 5.59. The normalized spacial score (nSPS) is 12.0. The van der Waals surface area contributed by atoms with Crippen molar-refractivity contribution < 1.29 is 33.0 Å². The van der Waals surface area contributed by atoms with Gasteiger partial charge in [-0.2, -0.15) is 4.39 Å². The summed E-state index contributed by atoms with van der Waals surface area (Å²) in [6.07, 6.45) is -0.428. The predicted molar refractivity (Wildman–Crippen MR) is 57.2 cm³/mol. The molecule has 0 bridgehead atoms. The Labute approximate surface area is 105 Å². The largest absolute Gasteiger partial charge is 0.503 e. The number of hydrogen-bond acceptors (Lipinski definition) is 3. The Kier molecular flexibility index (Phi) is 4.36. The highest BCUT2D eigenvalue weighted by molar-refractivity contribution is 5.95. The molecule has 19 heavy (non-hydrogen) atoms. The highest BCUT2D eigenvalue weighted by Crippen LogP contribution is 2.25. The third kappa shape index (κ3) is 3.36. The van der Waals surface area contributed by atoms with Gasteiger partial charge in [0.05, 0.1) is 12.0 Å². The number of nitrogens with one attached hydrogen (secondary N) is 1. The molecule has 0 aromatic heterocycles. The van der Waals surface area contributed by atoms with E-state index in [4.69, 9.17) is 10.2 Å². The zero-order chi connectivity index (χ0) is 14.7. The Hall–Kier alpha value is -2.25. The van der Waals surface area contributed by atoms with E-state index in [1.165, 1.54) is 6.92 Å². The molecule has 0 spiro atoms. The van der Waals surface area contributed by atoms with Crippen LogP contribution in [0.2, 0.25) is 0 Å². The summed E-state index contributed by atoms with van der Waals surface area (Å²) in [6.45, 7) is 1.34. The first-order valence-electron chi connectivity index (χ1n) is 5.13. The summed E-state index contributed by atoms with van der Waals surface area (Å²) in [5.74, 6) is -8.95. The van der Waals surface area contributed by atoms with Crippen LogP contribution in [0.3, 0.4) is 0 Å². The van der Waals surface area contributed by atoms with Crippen molar-refractivity contribution in [3.63, 3.8) is 0 Å². The van der Waals surface area contributed by atoms with Crippen LogP contribution in [0.4, 0.5) is 13.2 Å². The van der Waals surface area contributed by atoms with Gasteiger partial charge in [-0.1, -0.05) is 0 Å². The summed E-state index contributed by atoms with van der Waals surface area (Å²) in [5, 5.41) is 19.5. The SMILES string of the molecule is CC(CC(=O)O)NC(=O)c1cc(F)c(F)c(O)c1F. The van der Waals surface area contributed by atoms with Crippen molar-refractivity contribution >= 4 is 11.9 Å². The van der Waals surface area contributed by atoms with E-state index in [0.29, 0.717) is 0 Å². The number of rotatable bonds is 4. The number of phenols is 1. The Morgan fingerprint density at radius 1 is 1.32 bits per heavy atom. The summed E-state index contributed by atoms with van der Waals surface area (Å²) in [6, 6.07) is -0.563. The van der Waals surface area contributed by atoms with Crippen molar-refractivity contribution in [3.8, 4) is 5.75 Å². The monoisotopic (exact) mass is 277 g/mol. The molecule has 0 aliphatic heterocycles. The van der Waals surface area contributed by atoms with Crippen LogP contribution >= 0.6 is 0 Å². The van der Waals surface area contributed by atoms with Gasteiger partial charge in [0.1, 0.15) is 0 Å². The molecular weight excluding hydrogens is 267 g/mol. The minimum Gasteiger partial charge on any atom is -0.503 e.